The van der Waals surface area contributed by atoms with E-state index < -0.39 is 46.3 Å². The molecule has 0 aliphatic carbocycles. The van der Waals surface area contributed by atoms with Crippen molar-refractivity contribution >= 4 is 38.9 Å². The van der Waals surface area contributed by atoms with E-state index in [1.165, 1.54) is 36.6 Å². The van der Waals surface area contributed by atoms with Gasteiger partial charge >= 0.3 is 12.4 Å². The van der Waals surface area contributed by atoms with Gasteiger partial charge in [-0.2, -0.15) is 48.5 Å². The Labute approximate surface area is 232 Å². The average molecular weight is 614 g/mol. The molecule has 1 saturated heterocycles. The molecular weight excluding hydrogens is 588 g/mol. The van der Waals surface area contributed by atoms with Crippen LogP contribution in [0.2, 0.25) is 5.02 Å². The van der Waals surface area contributed by atoms with Crippen LogP contribution in [0.5, 0.6) is 0 Å². The number of alkyl halides is 6. The second kappa shape index (κ2) is 10.7. The Morgan fingerprint density at radius 1 is 0.925 bits per heavy atom. The standard InChI is InChI=1S/C24H26ClF6N5O3S/c1-33(2)40(38,39)35-13-11-34(12-14-35)17-9-7-16(8-10-17)20-15-21(22(37,23(26,27)28)24(29,30)31)32-36(20)19-6-4-3-5-18(19)25/h3-10,20,37H,11-15H2,1-2H3. The molecule has 2 aromatic carbocycles. The van der Waals surface area contributed by atoms with E-state index in [2.05, 4.69) is 5.10 Å². The Balaban J connectivity index is 1.63. The normalized spacial score (nSPS) is 19.9. The van der Waals surface area contributed by atoms with Gasteiger partial charge in [-0.05, 0) is 29.8 Å². The molecule has 2 aliphatic rings. The summed E-state index contributed by atoms with van der Waals surface area (Å²) in [5, 5.41) is 14.7. The van der Waals surface area contributed by atoms with E-state index in [-0.39, 0.29) is 23.8 Å². The summed E-state index contributed by atoms with van der Waals surface area (Å²) in [6, 6.07) is 11.1. The lowest BCUT2D eigenvalue weighted by molar-refractivity contribution is -0.338. The van der Waals surface area contributed by atoms with Crippen molar-refractivity contribution in [3.05, 3.63) is 59.1 Å². The number of benzene rings is 2. The Morgan fingerprint density at radius 3 is 1.98 bits per heavy atom. The van der Waals surface area contributed by atoms with E-state index in [4.69, 9.17) is 11.6 Å². The molecule has 8 nitrogen and oxygen atoms in total. The van der Waals surface area contributed by atoms with Gasteiger partial charge in [0, 0.05) is 52.4 Å². The summed E-state index contributed by atoms with van der Waals surface area (Å²) >= 11 is 6.21. The van der Waals surface area contributed by atoms with Gasteiger partial charge in [-0.25, -0.2) is 0 Å². The fourth-order valence-corrected chi connectivity index (χ4v) is 5.96. The first-order valence-corrected chi connectivity index (χ1v) is 13.8. The molecule has 0 bridgehead atoms. The van der Waals surface area contributed by atoms with Gasteiger partial charge in [0.15, 0.2) is 0 Å². The van der Waals surface area contributed by atoms with Crippen molar-refractivity contribution in [3.8, 4) is 0 Å². The molecule has 4 rings (SSSR count). The summed E-state index contributed by atoms with van der Waals surface area (Å²) in [5.74, 6) is 0. The van der Waals surface area contributed by atoms with Crippen LogP contribution in [0, 0.1) is 0 Å². The van der Waals surface area contributed by atoms with Crippen LogP contribution in [-0.4, -0.2) is 86.1 Å². The van der Waals surface area contributed by atoms with Gasteiger partial charge in [0.05, 0.1) is 22.5 Å². The summed E-state index contributed by atoms with van der Waals surface area (Å²) in [6.45, 7) is 1.21. The van der Waals surface area contributed by atoms with E-state index in [0.717, 1.165) is 9.31 Å². The molecule has 0 amide bonds. The Kier molecular flexibility index (Phi) is 8.10. The van der Waals surface area contributed by atoms with Crippen molar-refractivity contribution in [3.63, 3.8) is 0 Å². The fourth-order valence-electron chi connectivity index (χ4n) is 4.65. The minimum absolute atomic E-state index is 0.0437. The maximum absolute atomic E-state index is 13.7. The van der Waals surface area contributed by atoms with E-state index in [1.54, 1.807) is 30.3 Å². The molecule has 40 heavy (non-hydrogen) atoms. The topological polar surface area (TPSA) is 79.7 Å². The third kappa shape index (κ3) is 5.36. The molecule has 0 radical (unpaired) electrons. The van der Waals surface area contributed by atoms with Gasteiger partial charge in [0.25, 0.3) is 15.8 Å². The van der Waals surface area contributed by atoms with Crippen molar-refractivity contribution in [2.75, 3.05) is 50.2 Å². The molecular formula is C24H26ClF6N5O3S. The van der Waals surface area contributed by atoms with Crippen LogP contribution in [-0.2, 0) is 10.2 Å². The molecule has 1 fully saturated rings. The second-order valence-electron chi connectivity index (χ2n) is 9.54. The summed E-state index contributed by atoms with van der Waals surface area (Å²) in [4.78, 5) is 1.92. The number of hydrogen-bond donors (Lipinski definition) is 1. The summed E-state index contributed by atoms with van der Waals surface area (Å²) in [7, 11) is -0.689. The summed E-state index contributed by atoms with van der Waals surface area (Å²) < 4.78 is 109. The highest BCUT2D eigenvalue weighted by atomic mass is 35.5. The maximum Gasteiger partial charge on any atom is 0.431 e. The van der Waals surface area contributed by atoms with Gasteiger partial charge in [0.1, 0.15) is 0 Å². The van der Waals surface area contributed by atoms with E-state index in [0.29, 0.717) is 24.3 Å². The smallest absolute Gasteiger partial charge is 0.369 e. The zero-order valence-corrected chi connectivity index (χ0v) is 22.9. The van der Waals surface area contributed by atoms with Crippen molar-refractivity contribution in [1.82, 2.24) is 8.61 Å². The Morgan fingerprint density at radius 2 is 1.48 bits per heavy atom. The number of rotatable bonds is 6. The summed E-state index contributed by atoms with van der Waals surface area (Å²) in [6.07, 6.45) is -13.0. The molecule has 0 aromatic heterocycles. The van der Waals surface area contributed by atoms with Gasteiger partial charge in [-0.3, -0.25) is 5.01 Å². The van der Waals surface area contributed by atoms with E-state index in [9.17, 15) is 39.9 Å². The van der Waals surface area contributed by atoms with Crippen LogP contribution in [0.25, 0.3) is 0 Å². The minimum atomic E-state index is -6.07. The van der Waals surface area contributed by atoms with Crippen LogP contribution in [0.1, 0.15) is 18.0 Å². The van der Waals surface area contributed by atoms with Crippen LogP contribution in [0.4, 0.5) is 37.7 Å². The maximum atomic E-state index is 13.7. The lowest BCUT2D eigenvalue weighted by atomic mass is 9.90. The number of aliphatic hydroxyl groups is 1. The lowest BCUT2D eigenvalue weighted by Crippen LogP contribution is -2.62. The number of anilines is 2. The van der Waals surface area contributed by atoms with Crippen LogP contribution in [0.3, 0.4) is 0 Å². The predicted octanol–water partition coefficient (Wildman–Crippen LogP) is 4.43. The quantitative estimate of drug-likeness (QED) is 0.488. The third-order valence-corrected chi connectivity index (χ3v) is 9.18. The van der Waals surface area contributed by atoms with Crippen molar-refractivity contribution in [1.29, 1.82) is 0 Å². The van der Waals surface area contributed by atoms with E-state index >= 15 is 0 Å². The molecule has 1 atom stereocenters. The Hall–Kier alpha value is -2.59. The molecule has 1 N–H and O–H groups in total. The minimum Gasteiger partial charge on any atom is -0.369 e. The van der Waals surface area contributed by atoms with Crippen molar-refractivity contribution < 1.29 is 39.9 Å². The number of halogens is 7. The molecule has 2 aromatic rings. The van der Waals surface area contributed by atoms with E-state index in [1.807, 2.05) is 4.90 Å². The van der Waals surface area contributed by atoms with Gasteiger partial charge in [0.2, 0.25) is 0 Å². The van der Waals surface area contributed by atoms with Crippen molar-refractivity contribution in [2.45, 2.75) is 30.4 Å². The van der Waals surface area contributed by atoms with Crippen LogP contribution < -0.4 is 9.91 Å². The van der Waals surface area contributed by atoms with Gasteiger partial charge in [-0.1, -0.05) is 35.9 Å². The number of hydrazone groups is 1. The van der Waals surface area contributed by atoms with Crippen LogP contribution >= 0.6 is 11.6 Å². The number of piperazine rings is 1. The highest BCUT2D eigenvalue weighted by Gasteiger charge is 2.74. The lowest BCUT2D eigenvalue weighted by Gasteiger charge is -2.36. The first kappa shape index (κ1) is 30.4. The molecule has 2 aliphatic heterocycles. The average Bonchev–Trinajstić information content (AvgIpc) is 3.32. The number of para-hydroxylation sites is 1. The monoisotopic (exact) mass is 613 g/mol. The molecule has 1 unspecified atom stereocenters. The molecule has 220 valence electrons. The van der Waals surface area contributed by atoms with Gasteiger partial charge < -0.3 is 10.0 Å². The zero-order chi connectivity index (χ0) is 29.7. The highest BCUT2D eigenvalue weighted by Crippen LogP contribution is 2.49. The zero-order valence-electron chi connectivity index (χ0n) is 21.3. The first-order chi connectivity index (χ1) is 18.5. The molecule has 0 spiro atoms. The van der Waals surface area contributed by atoms with Gasteiger partial charge in [-0.15, -0.1) is 0 Å². The molecule has 2 heterocycles. The fraction of sp³-hybridized carbons (Fsp3) is 0.458. The highest BCUT2D eigenvalue weighted by molar-refractivity contribution is 7.86. The largest absolute Gasteiger partial charge is 0.431 e. The van der Waals surface area contributed by atoms with Crippen LogP contribution in [0.15, 0.2) is 53.6 Å². The summed E-state index contributed by atoms with van der Waals surface area (Å²) in [5.41, 5.74) is -5.56. The van der Waals surface area contributed by atoms with Crippen molar-refractivity contribution in [2.24, 2.45) is 5.10 Å². The third-order valence-electron chi connectivity index (χ3n) is 6.92. The SMILES string of the molecule is CN(C)S(=O)(=O)N1CCN(c2ccc(C3CC(C(O)(C(F)(F)F)C(F)(F)F)=NN3c3ccccc3Cl)cc2)CC1. The first-order valence-electron chi connectivity index (χ1n) is 12.0. The predicted molar refractivity (Wildman–Crippen MR) is 139 cm³/mol. The second-order valence-corrected chi connectivity index (χ2v) is 12.1. The Bertz CT molecular complexity index is 1350. The molecule has 16 heteroatoms. The molecule has 0 saturated carbocycles. The number of hydrogen-bond acceptors (Lipinski definition) is 6. The number of nitrogens with zero attached hydrogens (tertiary/aromatic N) is 5.